The fourth-order valence-corrected chi connectivity index (χ4v) is 1.05. The minimum atomic E-state index is -0.365. The van der Waals surface area contributed by atoms with Gasteiger partial charge in [0.15, 0.2) is 5.75 Å². The van der Waals surface area contributed by atoms with Crippen molar-refractivity contribution < 1.29 is 14.6 Å². The second kappa shape index (κ2) is 4.84. The highest BCUT2D eigenvalue weighted by Crippen LogP contribution is 2.28. The van der Waals surface area contributed by atoms with E-state index in [0.717, 1.165) is 0 Å². The monoisotopic (exact) mass is 220 g/mol. The quantitative estimate of drug-likeness (QED) is 0.603. The number of phenols is 1. The number of nitrogens with two attached hydrogens (primary N) is 1. The summed E-state index contributed by atoms with van der Waals surface area (Å²) in [5.41, 5.74) is 6.14. The Bertz CT molecular complexity index is 489. The first kappa shape index (κ1) is 11.6. The van der Waals surface area contributed by atoms with Crippen molar-refractivity contribution in [3.8, 4) is 17.6 Å². The van der Waals surface area contributed by atoms with E-state index in [1.54, 1.807) is 0 Å². The van der Waals surface area contributed by atoms with Crippen molar-refractivity contribution in [3.63, 3.8) is 0 Å². The number of aromatic hydroxyl groups is 1. The lowest BCUT2D eigenvalue weighted by Crippen LogP contribution is -1.96. The average Bonchev–Trinajstić information content (AvgIpc) is 2.25. The van der Waals surface area contributed by atoms with E-state index in [9.17, 15) is 9.63 Å². The summed E-state index contributed by atoms with van der Waals surface area (Å²) in [5, 5.41) is 18.0. The lowest BCUT2D eigenvalue weighted by Gasteiger charge is -2.01. The van der Waals surface area contributed by atoms with Crippen LogP contribution < -0.4 is 10.7 Å². The molecule has 82 valence electrons. The lowest BCUT2D eigenvalue weighted by atomic mass is 10.1. The van der Waals surface area contributed by atoms with E-state index in [1.807, 2.05) is 6.07 Å². The van der Waals surface area contributed by atoms with Gasteiger partial charge in [-0.2, -0.15) is 5.26 Å². The molecule has 0 spiro atoms. The van der Waals surface area contributed by atoms with Gasteiger partial charge in [-0.15, -0.1) is 0 Å². The molecule has 3 N–H and O–H groups in total. The molecule has 1 aromatic rings. The standard InChI is InChI=1S/C11H9FN2O2/c1-7(14)9(6-13)4-8-2-3-11(16-12)10(15)5-8/h2-5,15H,1,14H2/b9-4+. The number of allylic oxidation sites excluding steroid dienone is 1. The molecule has 0 aliphatic rings. The minimum absolute atomic E-state index is 0.118. The molecule has 0 heterocycles. The Morgan fingerprint density at radius 3 is 2.75 bits per heavy atom. The van der Waals surface area contributed by atoms with Crippen LogP contribution in [0.3, 0.4) is 0 Å². The maximum absolute atomic E-state index is 11.8. The van der Waals surface area contributed by atoms with Crippen LogP contribution in [0.15, 0.2) is 36.0 Å². The van der Waals surface area contributed by atoms with E-state index in [1.165, 1.54) is 24.3 Å². The van der Waals surface area contributed by atoms with Crippen LogP contribution in [0.5, 0.6) is 11.5 Å². The topological polar surface area (TPSA) is 79.3 Å². The van der Waals surface area contributed by atoms with Gasteiger partial charge in [0, 0.05) is 10.2 Å². The van der Waals surface area contributed by atoms with Gasteiger partial charge < -0.3 is 10.8 Å². The Morgan fingerprint density at radius 2 is 2.31 bits per heavy atom. The Kier molecular flexibility index (Phi) is 3.51. The van der Waals surface area contributed by atoms with Crippen LogP contribution in [0.4, 0.5) is 4.53 Å². The summed E-state index contributed by atoms with van der Waals surface area (Å²) in [5.74, 6) is -0.654. The van der Waals surface area contributed by atoms with Crippen LogP contribution in [0.1, 0.15) is 5.56 Å². The SMILES string of the molecule is C=C(N)/C(C#N)=C/c1ccc(OF)c(O)c1. The van der Waals surface area contributed by atoms with Gasteiger partial charge in [0.2, 0.25) is 5.75 Å². The van der Waals surface area contributed by atoms with Crippen molar-refractivity contribution in [1.29, 1.82) is 5.26 Å². The highest BCUT2D eigenvalue weighted by molar-refractivity contribution is 5.64. The molecule has 0 aliphatic heterocycles. The van der Waals surface area contributed by atoms with Crippen LogP contribution in [0.2, 0.25) is 0 Å². The second-order valence-corrected chi connectivity index (χ2v) is 3.00. The second-order valence-electron chi connectivity index (χ2n) is 3.00. The molecule has 1 rings (SSSR count). The highest BCUT2D eigenvalue weighted by Gasteiger charge is 2.04. The van der Waals surface area contributed by atoms with Gasteiger partial charge in [0.1, 0.15) is 6.07 Å². The van der Waals surface area contributed by atoms with E-state index < -0.39 is 0 Å². The molecule has 0 unspecified atom stereocenters. The van der Waals surface area contributed by atoms with Gasteiger partial charge in [0.25, 0.3) is 0 Å². The number of phenolic OH excluding ortho intramolecular Hbond substituents is 1. The zero-order valence-electron chi connectivity index (χ0n) is 8.27. The summed E-state index contributed by atoms with van der Waals surface area (Å²) >= 11 is 0. The van der Waals surface area contributed by atoms with Crippen LogP contribution in [0, 0.1) is 11.3 Å². The van der Waals surface area contributed by atoms with E-state index in [4.69, 9.17) is 11.0 Å². The summed E-state index contributed by atoms with van der Waals surface area (Å²) in [4.78, 5) is 3.40. The Hall–Kier alpha value is -2.48. The molecule has 0 saturated carbocycles. The van der Waals surface area contributed by atoms with Gasteiger partial charge >= 0.3 is 0 Å². The van der Waals surface area contributed by atoms with Crippen LogP contribution >= 0.6 is 0 Å². The fraction of sp³-hybridized carbons (Fsp3) is 0. The molecule has 0 radical (unpaired) electrons. The van der Waals surface area contributed by atoms with E-state index in [2.05, 4.69) is 11.5 Å². The molecule has 0 saturated heterocycles. The van der Waals surface area contributed by atoms with Crippen molar-refractivity contribution in [2.24, 2.45) is 5.73 Å². The predicted octanol–water partition coefficient (Wildman–Crippen LogP) is 2.03. The predicted molar refractivity (Wildman–Crippen MR) is 56.8 cm³/mol. The Morgan fingerprint density at radius 1 is 1.62 bits per heavy atom. The number of hydrogen-bond donors (Lipinski definition) is 2. The molecule has 0 fully saturated rings. The number of hydrogen-bond acceptors (Lipinski definition) is 4. The third kappa shape index (κ3) is 2.51. The van der Waals surface area contributed by atoms with Crippen LogP contribution in [-0.4, -0.2) is 5.11 Å². The number of nitrogens with zero attached hydrogens (tertiary/aromatic N) is 1. The Labute approximate surface area is 91.6 Å². The summed E-state index contributed by atoms with van der Waals surface area (Å²) in [7, 11) is 0. The van der Waals surface area contributed by atoms with Crippen molar-refractivity contribution in [2.75, 3.05) is 0 Å². The maximum Gasteiger partial charge on any atom is 0.213 e. The molecule has 0 atom stereocenters. The number of halogens is 1. The first-order chi connectivity index (χ1) is 7.58. The smallest absolute Gasteiger partial charge is 0.213 e. The van der Waals surface area contributed by atoms with Gasteiger partial charge in [-0.25, -0.2) is 0 Å². The van der Waals surface area contributed by atoms with Crippen molar-refractivity contribution in [1.82, 2.24) is 0 Å². The van der Waals surface area contributed by atoms with Gasteiger partial charge in [-0.05, 0) is 23.8 Å². The average molecular weight is 220 g/mol. The summed E-state index contributed by atoms with van der Waals surface area (Å²) < 4.78 is 11.8. The molecule has 16 heavy (non-hydrogen) atoms. The van der Waals surface area contributed by atoms with E-state index in [-0.39, 0.29) is 22.8 Å². The van der Waals surface area contributed by atoms with Crippen LogP contribution in [-0.2, 0) is 0 Å². The molecule has 5 heteroatoms. The van der Waals surface area contributed by atoms with Gasteiger partial charge in [-0.3, -0.25) is 4.94 Å². The van der Waals surface area contributed by atoms with Gasteiger partial charge in [0.05, 0.1) is 5.57 Å². The number of nitriles is 1. The highest BCUT2D eigenvalue weighted by atomic mass is 19.3. The van der Waals surface area contributed by atoms with Crippen molar-refractivity contribution >= 4 is 6.08 Å². The molecule has 4 nitrogen and oxygen atoms in total. The van der Waals surface area contributed by atoms with Gasteiger partial charge in [-0.1, -0.05) is 12.6 Å². The summed E-state index contributed by atoms with van der Waals surface area (Å²) in [6.07, 6.45) is 1.42. The fourth-order valence-electron chi connectivity index (χ4n) is 1.05. The lowest BCUT2D eigenvalue weighted by molar-refractivity contribution is -0.00893. The maximum atomic E-state index is 11.8. The molecular weight excluding hydrogens is 211 g/mol. The third-order valence-corrected chi connectivity index (χ3v) is 1.84. The number of rotatable bonds is 3. The Balaban J connectivity index is 3.12. The molecule has 0 bridgehead atoms. The molecule has 0 aromatic heterocycles. The third-order valence-electron chi connectivity index (χ3n) is 1.84. The van der Waals surface area contributed by atoms with Crippen molar-refractivity contribution in [3.05, 3.63) is 41.6 Å². The normalized spacial score (nSPS) is 10.6. The minimum Gasteiger partial charge on any atom is -0.504 e. The molecule has 1 aromatic carbocycles. The van der Waals surface area contributed by atoms with Crippen molar-refractivity contribution in [2.45, 2.75) is 0 Å². The zero-order valence-corrected chi connectivity index (χ0v) is 8.27. The largest absolute Gasteiger partial charge is 0.504 e. The van der Waals surface area contributed by atoms with E-state index in [0.29, 0.717) is 5.56 Å². The molecule has 0 aliphatic carbocycles. The summed E-state index contributed by atoms with van der Waals surface area (Å²) in [6.45, 7) is 3.42. The van der Waals surface area contributed by atoms with Crippen LogP contribution in [0.25, 0.3) is 6.08 Å². The first-order valence-corrected chi connectivity index (χ1v) is 4.26. The summed E-state index contributed by atoms with van der Waals surface area (Å²) in [6, 6.07) is 5.79. The molecule has 0 amide bonds. The number of benzene rings is 1. The van der Waals surface area contributed by atoms with E-state index >= 15 is 0 Å². The zero-order chi connectivity index (χ0) is 12.1. The first-order valence-electron chi connectivity index (χ1n) is 4.26. The molecular formula is C11H9FN2O2.